The van der Waals surface area contributed by atoms with Crippen LogP contribution in [0.5, 0.6) is 0 Å². The Bertz CT molecular complexity index is 238. The van der Waals surface area contributed by atoms with Crippen molar-refractivity contribution in [2.75, 3.05) is 40.8 Å². The van der Waals surface area contributed by atoms with Crippen LogP contribution in [-0.2, 0) is 0 Å². The van der Waals surface area contributed by atoms with Crippen LogP contribution in [0.2, 0.25) is 0 Å². The molecule has 1 aliphatic carbocycles. The summed E-state index contributed by atoms with van der Waals surface area (Å²) in [5.41, 5.74) is 6.78. The smallest absolute Gasteiger partial charge is 0.00797 e. The highest BCUT2D eigenvalue weighted by molar-refractivity contribution is 4.88. The molecule has 108 valence electrons. The van der Waals surface area contributed by atoms with Crippen LogP contribution in [0.3, 0.4) is 0 Å². The summed E-state index contributed by atoms with van der Waals surface area (Å²) in [4.78, 5) is 4.72. The first kappa shape index (κ1) is 15.9. The van der Waals surface area contributed by atoms with Gasteiger partial charge in [-0.15, -0.1) is 0 Å². The minimum absolute atomic E-state index is 0.411. The Hall–Kier alpha value is -0.120. The molecular formula is C15H33N3. The number of hydrogen-bond donors (Lipinski definition) is 1. The Labute approximate surface area is 114 Å². The van der Waals surface area contributed by atoms with E-state index in [0.717, 1.165) is 6.54 Å². The fraction of sp³-hybridized carbons (Fsp3) is 1.00. The number of rotatable bonds is 6. The molecule has 0 aromatic rings. The number of nitrogens with two attached hydrogens (primary N) is 1. The van der Waals surface area contributed by atoms with Crippen molar-refractivity contribution in [2.45, 2.75) is 45.6 Å². The third-order valence-electron chi connectivity index (χ3n) is 4.27. The molecule has 0 heterocycles. The molecule has 1 fully saturated rings. The van der Waals surface area contributed by atoms with Gasteiger partial charge in [-0.1, -0.05) is 13.8 Å². The fourth-order valence-corrected chi connectivity index (χ4v) is 3.10. The van der Waals surface area contributed by atoms with E-state index in [1.165, 1.54) is 38.8 Å². The molecule has 3 heteroatoms. The highest BCUT2D eigenvalue weighted by atomic mass is 15.1. The average molecular weight is 255 g/mol. The van der Waals surface area contributed by atoms with Gasteiger partial charge in [0.05, 0.1) is 0 Å². The predicted octanol–water partition coefficient (Wildman–Crippen LogP) is 2.02. The zero-order valence-electron chi connectivity index (χ0n) is 13.1. The average Bonchev–Trinajstić information content (AvgIpc) is 2.22. The van der Waals surface area contributed by atoms with Crippen LogP contribution in [0.4, 0.5) is 0 Å². The van der Waals surface area contributed by atoms with E-state index in [2.05, 4.69) is 44.8 Å². The van der Waals surface area contributed by atoms with Gasteiger partial charge in [0, 0.05) is 12.6 Å². The van der Waals surface area contributed by atoms with Gasteiger partial charge in [0.25, 0.3) is 0 Å². The van der Waals surface area contributed by atoms with Gasteiger partial charge in [-0.2, -0.15) is 0 Å². The normalized spacial score (nSPS) is 28.0. The summed E-state index contributed by atoms with van der Waals surface area (Å²) in [7, 11) is 6.52. The second kappa shape index (κ2) is 6.88. The molecule has 0 aliphatic heterocycles. The van der Waals surface area contributed by atoms with Crippen molar-refractivity contribution in [1.29, 1.82) is 0 Å². The van der Waals surface area contributed by atoms with E-state index in [4.69, 9.17) is 5.73 Å². The van der Waals surface area contributed by atoms with E-state index in [1.54, 1.807) is 0 Å². The lowest BCUT2D eigenvalue weighted by molar-refractivity contribution is 0.123. The van der Waals surface area contributed by atoms with Crippen LogP contribution < -0.4 is 5.73 Å². The Morgan fingerprint density at radius 2 is 1.83 bits per heavy atom. The Morgan fingerprint density at radius 3 is 2.44 bits per heavy atom. The second-order valence-electron chi connectivity index (χ2n) is 7.25. The van der Waals surface area contributed by atoms with Crippen molar-refractivity contribution in [1.82, 2.24) is 9.80 Å². The van der Waals surface area contributed by atoms with Crippen LogP contribution >= 0.6 is 0 Å². The summed E-state index contributed by atoms with van der Waals surface area (Å²) in [6.45, 7) is 8.29. The zero-order valence-corrected chi connectivity index (χ0v) is 13.1. The third-order valence-corrected chi connectivity index (χ3v) is 4.27. The van der Waals surface area contributed by atoms with Gasteiger partial charge in [0.1, 0.15) is 0 Å². The summed E-state index contributed by atoms with van der Waals surface area (Å²) < 4.78 is 0. The van der Waals surface area contributed by atoms with E-state index < -0.39 is 0 Å². The molecule has 0 radical (unpaired) electrons. The van der Waals surface area contributed by atoms with Crippen LogP contribution in [0.25, 0.3) is 0 Å². The van der Waals surface area contributed by atoms with Crippen LogP contribution in [0.1, 0.15) is 39.5 Å². The van der Waals surface area contributed by atoms with Gasteiger partial charge >= 0.3 is 0 Å². The molecule has 0 spiro atoms. The van der Waals surface area contributed by atoms with E-state index in [0.29, 0.717) is 17.4 Å². The summed E-state index contributed by atoms with van der Waals surface area (Å²) in [5.74, 6) is 0.679. The summed E-state index contributed by atoms with van der Waals surface area (Å²) in [6, 6.07) is 0.411. The minimum atomic E-state index is 0.411. The maximum Gasteiger partial charge on any atom is 0.00797 e. The second-order valence-corrected chi connectivity index (χ2v) is 7.25. The van der Waals surface area contributed by atoms with Gasteiger partial charge in [0.2, 0.25) is 0 Å². The van der Waals surface area contributed by atoms with Crippen molar-refractivity contribution >= 4 is 0 Å². The largest absolute Gasteiger partial charge is 0.327 e. The van der Waals surface area contributed by atoms with Gasteiger partial charge in [-0.3, -0.25) is 0 Å². The van der Waals surface area contributed by atoms with Gasteiger partial charge in [0.15, 0.2) is 0 Å². The van der Waals surface area contributed by atoms with Crippen molar-refractivity contribution < 1.29 is 0 Å². The lowest BCUT2D eigenvalue weighted by Gasteiger charge is -2.40. The SMILES string of the molecule is CN(C)CCCN(C)CC1CC(C)(C)CCC1N. The first-order chi connectivity index (χ1) is 8.30. The van der Waals surface area contributed by atoms with E-state index in [9.17, 15) is 0 Å². The summed E-state index contributed by atoms with van der Waals surface area (Å²) >= 11 is 0. The Kier molecular flexibility index (Phi) is 6.09. The molecule has 2 N–H and O–H groups in total. The van der Waals surface area contributed by atoms with Crippen LogP contribution in [0, 0.1) is 11.3 Å². The molecular weight excluding hydrogens is 222 g/mol. The van der Waals surface area contributed by atoms with Gasteiger partial charge < -0.3 is 15.5 Å². The molecule has 0 bridgehead atoms. The topological polar surface area (TPSA) is 32.5 Å². The first-order valence-corrected chi connectivity index (χ1v) is 7.39. The summed E-state index contributed by atoms with van der Waals surface area (Å²) in [6.07, 6.45) is 5.01. The molecule has 18 heavy (non-hydrogen) atoms. The summed E-state index contributed by atoms with van der Waals surface area (Å²) in [5, 5.41) is 0. The highest BCUT2D eigenvalue weighted by Crippen LogP contribution is 2.38. The molecule has 0 aromatic carbocycles. The molecule has 2 atom stereocenters. The van der Waals surface area contributed by atoms with E-state index in [-0.39, 0.29) is 0 Å². The van der Waals surface area contributed by atoms with Crippen molar-refractivity contribution in [3.8, 4) is 0 Å². The standard InChI is InChI=1S/C15H33N3/c1-15(2)8-7-14(16)13(11-15)12-18(5)10-6-9-17(3)4/h13-14H,6-12,16H2,1-5H3. The lowest BCUT2D eigenvalue weighted by Crippen LogP contribution is -2.44. The van der Waals surface area contributed by atoms with Crippen molar-refractivity contribution in [2.24, 2.45) is 17.1 Å². The van der Waals surface area contributed by atoms with Crippen molar-refractivity contribution in [3.63, 3.8) is 0 Å². The predicted molar refractivity (Wildman–Crippen MR) is 79.8 cm³/mol. The molecule has 1 rings (SSSR count). The quantitative estimate of drug-likeness (QED) is 0.788. The molecule has 0 aromatic heterocycles. The molecule has 0 amide bonds. The Morgan fingerprint density at radius 1 is 1.17 bits per heavy atom. The monoisotopic (exact) mass is 255 g/mol. The van der Waals surface area contributed by atoms with Crippen LogP contribution in [-0.4, -0.2) is 56.6 Å². The molecule has 2 unspecified atom stereocenters. The van der Waals surface area contributed by atoms with Gasteiger partial charge in [-0.05, 0) is 71.2 Å². The fourth-order valence-electron chi connectivity index (χ4n) is 3.10. The zero-order chi connectivity index (χ0) is 13.8. The first-order valence-electron chi connectivity index (χ1n) is 7.39. The maximum atomic E-state index is 6.29. The lowest BCUT2D eigenvalue weighted by atomic mass is 9.70. The minimum Gasteiger partial charge on any atom is -0.327 e. The van der Waals surface area contributed by atoms with E-state index >= 15 is 0 Å². The molecule has 0 saturated heterocycles. The molecule has 3 nitrogen and oxygen atoms in total. The number of hydrogen-bond acceptors (Lipinski definition) is 3. The molecule has 1 aliphatic rings. The number of nitrogens with zero attached hydrogens (tertiary/aromatic N) is 2. The maximum absolute atomic E-state index is 6.29. The van der Waals surface area contributed by atoms with Gasteiger partial charge in [-0.25, -0.2) is 0 Å². The third kappa shape index (κ3) is 5.68. The van der Waals surface area contributed by atoms with E-state index in [1.807, 2.05) is 0 Å². The molecule has 1 saturated carbocycles. The van der Waals surface area contributed by atoms with Crippen LogP contribution in [0.15, 0.2) is 0 Å². The Balaban J connectivity index is 2.31. The van der Waals surface area contributed by atoms with Crippen molar-refractivity contribution in [3.05, 3.63) is 0 Å². The highest BCUT2D eigenvalue weighted by Gasteiger charge is 2.33.